The molecule has 0 spiro atoms. The Morgan fingerprint density at radius 3 is 2.52 bits per heavy atom. The number of amides is 2. The van der Waals surface area contributed by atoms with Crippen LogP contribution in [0.25, 0.3) is 5.57 Å². The van der Waals surface area contributed by atoms with Crippen LogP contribution in [0.1, 0.15) is 69.9 Å². The van der Waals surface area contributed by atoms with E-state index in [0.717, 1.165) is 28.3 Å². The molecule has 1 aromatic carbocycles. The predicted octanol–water partition coefficient (Wildman–Crippen LogP) is 7.96. The lowest BCUT2D eigenvalue weighted by molar-refractivity contribution is -0.132. The first-order chi connectivity index (χ1) is 19.4. The molecule has 1 saturated carbocycles. The van der Waals surface area contributed by atoms with E-state index < -0.39 is 12.0 Å². The molecule has 2 aliphatic rings. The minimum Gasteiger partial charge on any atom is -0.478 e. The van der Waals surface area contributed by atoms with Gasteiger partial charge in [0, 0.05) is 18.7 Å². The van der Waals surface area contributed by atoms with Crippen LogP contribution in [-0.2, 0) is 16.1 Å². The lowest BCUT2D eigenvalue weighted by Crippen LogP contribution is -2.42. The maximum Gasteiger partial charge on any atom is 0.337 e. The van der Waals surface area contributed by atoms with Gasteiger partial charge in [0.25, 0.3) is 0 Å². The lowest BCUT2D eigenvalue weighted by atomic mass is 9.86. The van der Waals surface area contributed by atoms with Gasteiger partial charge in [-0.1, -0.05) is 82.2 Å². The first kappa shape index (κ1) is 30.9. The minimum atomic E-state index is -1.14. The SMILES string of the molecule is C=C/C=C(\C=C/C(C)C1CCCCCC1)c1ccc2c(c1)COCCCN2C(=O)N/C(C=C)=C(/C=C\C)C(=O)O. The molecule has 6 heteroatoms. The van der Waals surface area contributed by atoms with E-state index in [-0.39, 0.29) is 11.3 Å². The number of ether oxygens (including phenoxy) is 1. The Hall–Kier alpha value is -3.64. The Morgan fingerprint density at radius 2 is 1.88 bits per heavy atom. The van der Waals surface area contributed by atoms with Crippen molar-refractivity contribution in [3.8, 4) is 0 Å². The standard InChI is InChI=1S/C34H44N2O4/c1-5-13-27(18-17-25(4)26-15-10-8-9-11-16-26)28-19-20-32-29(23-28)24-40-22-12-21-36(32)34(39)35-31(7-3)30(14-6-2)33(37)38/h5-7,13-14,17-20,23,25-26H,1,3,8-12,15-16,21-22,24H2,2,4H3,(H,35,39)(H,37,38)/b14-6-,18-17-,27-13+,31-30-. The van der Waals surface area contributed by atoms with Crippen molar-refractivity contribution in [2.24, 2.45) is 11.8 Å². The second-order valence-electron chi connectivity index (χ2n) is 10.5. The van der Waals surface area contributed by atoms with Gasteiger partial charge in [-0.05, 0) is 73.4 Å². The van der Waals surface area contributed by atoms with Crippen LogP contribution in [0.2, 0.25) is 0 Å². The maximum atomic E-state index is 13.4. The summed E-state index contributed by atoms with van der Waals surface area (Å²) in [5.74, 6) is 0.0925. The number of benzene rings is 1. The molecule has 2 amide bonds. The number of urea groups is 1. The summed E-state index contributed by atoms with van der Waals surface area (Å²) in [6.45, 7) is 13.0. The molecule has 1 heterocycles. The molecule has 0 radical (unpaired) electrons. The fourth-order valence-electron chi connectivity index (χ4n) is 5.46. The van der Waals surface area contributed by atoms with Gasteiger partial charge in [-0.2, -0.15) is 0 Å². The first-order valence-corrected chi connectivity index (χ1v) is 14.4. The summed E-state index contributed by atoms with van der Waals surface area (Å²) in [5, 5.41) is 12.4. The average Bonchev–Trinajstić information content (AvgIpc) is 3.23. The number of nitrogens with zero attached hydrogens (tertiary/aromatic N) is 1. The third kappa shape index (κ3) is 8.43. The zero-order valence-electron chi connectivity index (χ0n) is 24.0. The van der Waals surface area contributed by atoms with Gasteiger partial charge in [0.15, 0.2) is 0 Å². The summed E-state index contributed by atoms with van der Waals surface area (Å²) in [4.78, 5) is 26.8. The quantitative estimate of drug-likeness (QED) is 0.188. The van der Waals surface area contributed by atoms with Crippen LogP contribution in [0.15, 0.2) is 85.2 Å². The summed E-state index contributed by atoms with van der Waals surface area (Å²) in [5.41, 5.74) is 3.84. The largest absolute Gasteiger partial charge is 0.478 e. The molecule has 0 aromatic heterocycles. The van der Waals surface area contributed by atoms with Gasteiger partial charge in [-0.3, -0.25) is 4.90 Å². The van der Waals surface area contributed by atoms with Crippen molar-refractivity contribution in [2.75, 3.05) is 18.1 Å². The van der Waals surface area contributed by atoms with Crippen molar-refractivity contribution in [3.05, 3.63) is 96.3 Å². The monoisotopic (exact) mass is 544 g/mol. The summed E-state index contributed by atoms with van der Waals surface area (Å²) < 4.78 is 5.89. The van der Waals surface area contributed by atoms with Gasteiger partial charge in [-0.15, -0.1) is 0 Å². The number of carboxylic acid groups (broad SMARTS) is 1. The number of hydrogen-bond acceptors (Lipinski definition) is 3. The molecule has 0 saturated heterocycles. The second-order valence-corrected chi connectivity index (χ2v) is 10.5. The highest BCUT2D eigenvalue weighted by Gasteiger charge is 2.23. The van der Waals surface area contributed by atoms with E-state index in [1.807, 2.05) is 18.2 Å². The number of anilines is 1. The minimum absolute atomic E-state index is 0.0270. The van der Waals surface area contributed by atoms with E-state index in [9.17, 15) is 14.7 Å². The van der Waals surface area contributed by atoms with E-state index >= 15 is 0 Å². The van der Waals surface area contributed by atoms with Crippen LogP contribution < -0.4 is 10.2 Å². The van der Waals surface area contributed by atoms with Gasteiger partial charge in [0.05, 0.1) is 23.6 Å². The normalized spacial score (nSPS) is 18.8. The Morgan fingerprint density at radius 1 is 1.12 bits per heavy atom. The smallest absolute Gasteiger partial charge is 0.337 e. The fourth-order valence-corrected chi connectivity index (χ4v) is 5.46. The Labute approximate surface area is 239 Å². The topological polar surface area (TPSA) is 78.9 Å². The molecule has 0 bridgehead atoms. The van der Waals surface area contributed by atoms with E-state index in [1.165, 1.54) is 50.7 Å². The van der Waals surface area contributed by atoms with Crippen LogP contribution in [0.5, 0.6) is 0 Å². The van der Waals surface area contributed by atoms with Crippen molar-refractivity contribution >= 4 is 23.3 Å². The number of fused-ring (bicyclic) bond motifs is 1. The summed E-state index contributed by atoms with van der Waals surface area (Å²) in [6.07, 6.45) is 21.4. The van der Waals surface area contributed by atoms with Gasteiger partial charge >= 0.3 is 12.0 Å². The number of aliphatic carboxylic acids is 1. The number of carbonyl (C=O) groups excluding carboxylic acids is 1. The van der Waals surface area contributed by atoms with E-state index in [4.69, 9.17) is 4.74 Å². The lowest BCUT2D eigenvalue weighted by Gasteiger charge is -2.28. The van der Waals surface area contributed by atoms with Gasteiger partial charge in [0.1, 0.15) is 0 Å². The van der Waals surface area contributed by atoms with Gasteiger partial charge < -0.3 is 15.2 Å². The molecule has 1 unspecified atom stereocenters. The number of rotatable bonds is 9. The van der Waals surface area contributed by atoms with Crippen LogP contribution in [-0.4, -0.2) is 30.3 Å². The maximum absolute atomic E-state index is 13.4. The molecule has 2 N–H and O–H groups in total. The summed E-state index contributed by atoms with van der Waals surface area (Å²) in [6, 6.07) is 5.63. The Kier molecular flexibility index (Phi) is 12.2. The first-order valence-electron chi connectivity index (χ1n) is 14.4. The zero-order chi connectivity index (χ0) is 28.9. The third-order valence-electron chi connectivity index (χ3n) is 7.70. The van der Waals surface area contributed by atoms with Crippen LogP contribution in [0, 0.1) is 11.8 Å². The second kappa shape index (κ2) is 15.8. The third-order valence-corrected chi connectivity index (χ3v) is 7.70. The highest BCUT2D eigenvalue weighted by Crippen LogP contribution is 2.32. The summed E-state index contributed by atoms with van der Waals surface area (Å²) >= 11 is 0. The van der Waals surface area contributed by atoms with Crippen molar-refractivity contribution in [1.82, 2.24) is 5.32 Å². The molecule has 6 nitrogen and oxygen atoms in total. The molecule has 40 heavy (non-hydrogen) atoms. The van der Waals surface area contributed by atoms with Crippen LogP contribution >= 0.6 is 0 Å². The highest BCUT2D eigenvalue weighted by molar-refractivity contribution is 5.97. The van der Waals surface area contributed by atoms with Crippen molar-refractivity contribution in [3.63, 3.8) is 0 Å². The Bertz CT molecular complexity index is 1180. The number of allylic oxidation sites excluding steroid dienone is 7. The average molecular weight is 545 g/mol. The molecule has 1 aromatic rings. The molecule has 1 aliphatic carbocycles. The van der Waals surface area contributed by atoms with Crippen LogP contribution in [0.4, 0.5) is 10.5 Å². The fraction of sp³-hybridized carbons (Fsp3) is 0.412. The summed E-state index contributed by atoms with van der Waals surface area (Å²) in [7, 11) is 0. The molecule has 1 aliphatic heterocycles. The predicted molar refractivity (Wildman–Crippen MR) is 164 cm³/mol. The van der Waals surface area contributed by atoms with Crippen molar-refractivity contribution < 1.29 is 19.4 Å². The molecular weight excluding hydrogens is 500 g/mol. The number of carbonyl (C=O) groups is 2. The number of hydrogen-bond donors (Lipinski definition) is 2. The molecule has 214 valence electrons. The van der Waals surface area contributed by atoms with E-state index in [1.54, 1.807) is 24.0 Å². The molecular formula is C34H44N2O4. The number of nitrogens with one attached hydrogen (secondary N) is 1. The highest BCUT2D eigenvalue weighted by atomic mass is 16.5. The van der Waals surface area contributed by atoms with Crippen molar-refractivity contribution in [2.45, 2.75) is 65.4 Å². The van der Waals surface area contributed by atoms with Gasteiger partial charge in [0.2, 0.25) is 0 Å². The Balaban J connectivity index is 1.90. The van der Waals surface area contributed by atoms with Gasteiger partial charge in [-0.25, -0.2) is 9.59 Å². The van der Waals surface area contributed by atoms with Crippen molar-refractivity contribution in [1.29, 1.82) is 0 Å². The van der Waals surface area contributed by atoms with E-state index in [0.29, 0.717) is 32.1 Å². The zero-order valence-corrected chi connectivity index (χ0v) is 24.0. The van der Waals surface area contributed by atoms with E-state index in [2.05, 4.69) is 43.6 Å². The number of carboxylic acids is 1. The van der Waals surface area contributed by atoms with Crippen LogP contribution in [0.3, 0.4) is 0 Å². The molecule has 1 atom stereocenters. The molecule has 1 fully saturated rings. The molecule has 3 rings (SSSR count).